The Hall–Kier alpha value is -1.03. The average molecular weight is 309 g/mol. The Morgan fingerprint density at radius 2 is 1.95 bits per heavy atom. The molecule has 0 aromatic carbocycles. The molecule has 21 heavy (non-hydrogen) atoms. The zero-order valence-corrected chi connectivity index (χ0v) is 14.2. The van der Waals surface area contributed by atoms with E-state index in [2.05, 4.69) is 23.5 Å². The van der Waals surface area contributed by atoms with Gasteiger partial charge in [-0.05, 0) is 39.0 Å². The largest absolute Gasteiger partial charge is 0.309 e. The third-order valence-corrected chi connectivity index (χ3v) is 5.14. The minimum atomic E-state index is -0.0778. The number of aromatic nitrogens is 4. The van der Waals surface area contributed by atoms with Crippen molar-refractivity contribution in [3.8, 4) is 0 Å². The van der Waals surface area contributed by atoms with Crippen molar-refractivity contribution in [2.45, 2.75) is 64.3 Å². The van der Waals surface area contributed by atoms with Crippen molar-refractivity contribution in [3.63, 3.8) is 0 Å². The maximum atomic E-state index is 6.42. The Morgan fingerprint density at radius 1 is 1.29 bits per heavy atom. The molecule has 0 aliphatic heterocycles. The van der Waals surface area contributed by atoms with Crippen molar-refractivity contribution in [1.29, 1.82) is 0 Å². The maximum absolute atomic E-state index is 6.42. The van der Waals surface area contributed by atoms with Crippen LogP contribution in [0.4, 0.5) is 0 Å². The average Bonchev–Trinajstić information content (AvgIpc) is 3.14. The number of aryl methyl sites for hydroxylation is 2. The molecule has 4 nitrogen and oxygen atoms in total. The zero-order chi connectivity index (χ0) is 15.1. The van der Waals surface area contributed by atoms with Crippen molar-refractivity contribution in [3.05, 3.63) is 11.5 Å². The maximum Gasteiger partial charge on any atom is 0.158 e. The third-order valence-electron chi connectivity index (χ3n) is 4.94. The molecule has 116 valence electrons. The van der Waals surface area contributed by atoms with E-state index >= 15 is 0 Å². The highest BCUT2D eigenvalue weighted by Gasteiger charge is 2.29. The summed E-state index contributed by atoms with van der Waals surface area (Å²) in [4.78, 5) is 4.84. The Morgan fingerprint density at radius 3 is 2.52 bits per heavy atom. The van der Waals surface area contributed by atoms with Crippen LogP contribution in [0.3, 0.4) is 0 Å². The highest BCUT2D eigenvalue weighted by atomic mass is 35.5. The standard InChI is InChI=1S/C16H25ClN4/c1-5-13-14-16(20(4)19-13)21(15(18-14)10(2)17)11(3)12-8-6-7-9-12/h10-12H,5-9H2,1-4H3. The summed E-state index contributed by atoms with van der Waals surface area (Å²) in [6, 6.07) is 0.439. The lowest BCUT2D eigenvalue weighted by atomic mass is 9.99. The first-order valence-electron chi connectivity index (χ1n) is 8.12. The Balaban J connectivity index is 2.17. The number of nitrogens with zero attached hydrogens (tertiary/aromatic N) is 4. The lowest BCUT2D eigenvalue weighted by Gasteiger charge is -2.24. The number of alkyl halides is 1. The van der Waals surface area contributed by atoms with Gasteiger partial charge in [0.2, 0.25) is 0 Å². The molecule has 0 spiro atoms. The van der Waals surface area contributed by atoms with Crippen LogP contribution in [-0.4, -0.2) is 19.3 Å². The van der Waals surface area contributed by atoms with Crippen molar-refractivity contribution in [2.24, 2.45) is 13.0 Å². The Labute approximate surface area is 131 Å². The van der Waals surface area contributed by atoms with Crippen molar-refractivity contribution in [2.75, 3.05) is 0 Å². The van der Waals surface area contributed by atoms with Crippen LogP contribution >= 0.6 is 11.6 Å². The molecule has 1 saturated carbocycles. The molecule has 1 aliphatic rings. The second kappa shape index (κ2) is 5.64. The molecule has 2 unspecified atom stereocenters. The molecule has 0 bridgehead atoms. The molecule has 2 aromatic rings. The van der Waals surface area contributed by atoms with Gasteiger partial charge in [0.15, 0.2) is 5.65 Å². The highest BCUT2D eigenvalue weighted by Crippen LogP contribution is 2.38. The first-order chi connectivity index (χ1) is 10.0. The Kier molecular flexibility index (Phi) is 4.00. The van der Waals surface area contributed by atoms with Gasteiger partial charge in [0, 0.05) is 13.1 Å². The van der Waals surface area contributed by atoms with E-state index in [1.165, 1.54) is 25.7 Å². The van der Waals surface area contributed by atoms with Gasteiger partial charge in [-0.1, -0.05) is 19.8 Å². The van der Waals surface area contributed by atoms with Crippen molar-refractivity contribution < 1.29 is 0 Å². The quantitative estimate of drug-likeness (QED) is 0.786. The van der Waals surface area contributed by atoms with E-state index < -0.39 is 0 Å². The van der Waals surface area contributed by atoms with Crippen LogP contribution in [0, 0.1) is 5.92 Å². The van der Waals surface area contributed by atoms with E-state index in [0.29, 0.717) is 6.04 Å². The van der Waals surface area contributed by atoms with Crippen LogP contribution in [0.15, 0.2) is 0 Å². The number of hydrogen-bond acceptors (Lipinski definition) is 2. The molecular weight excluding hydrogens is 284 g/mol. The van der Waals surface area contributed by atoms with E-state index in [-0.39, 0.29) is 5.38 Å². The first-order valence-corrected chi connectivity index (χ1v) is 8.56. The first kappa shape index (κ1) is 14.9. The summed E-state index contributed by atoms with van der Waals surface area (Å²) in [6.45, 7) is 6.46. The minimum absolute atomic E-state index is 0.0778. The minimum Gasteiger partial charge on any atom is -0.309 e. The molecule has 0 amide bonds. The van der Waals surface area contributed by atoms with Crippen LogP contribution in [0.2, 0.25) is 0 Å². The number of fused-ring (bicyclic) bond motifs is 1. The predicted octanol–water partition coefficient (Wildman–Crippen LogP) is 4.38. The molecule has 0 radical (unpaired) electrons. The van der Waals surface area contributed by atoms with Crippen molar-refractivity contribution >= 4 is 22.8 Å². The SMILES string of the molecule is CCc1nn(C)c2c1nc(C(C)Cl)n2C(C)C1CCCC1. The summed E-state index contributed by atoms with van der Waals surface area (Å²) in [5.74, 6) is 1.73. The summed E-state index contributed by atoms with van der Waals surface area (Å²) < 4.78 is 4.34. The van der Waals surface area contributed by atoms with E-state index in [0.717, 1.165) is 35.0 Å². The predicted molar refractivity (Wildman–Crippen MR) is 86.8 cm³/mol. The van der Waals surface area contributed by atoms with E-state index in [1.54, 1.807) is 0 Å². The molecule has 1 aliphatic carbocycles. The van der Waals surface area contributed by atoms with Gasteiger partial charge in [-0.15, -0.1) is 11.6 Å². The number of rotatable bonds is 4. The lowest BCUT2D eigenvalue weighted by Crippen LogP contribution is -2.18. The molecule has 3 rings (SSSR count). The third kappa shape index (κ3) is 2.37. The van der Waals surface area contributed by atoms with Crippen LogP contribution in [0.1, 0.15) is 69.4 Å². The fourth-order valence-electron chi connectivity index (χ4n) is 3.79. The monoisotopic (exact) mass is 308 g/mol. The van der Waals surface area contributed by atoms with Gasteiger partial charge in [-0.25, -0.2) is 4.98 Å². The molecule has 0 saturated heterocycles. The number of halogens is 1. The summed E-state index contributed by atoms with van der Waals surface area (Å²) in [6.07, 6.45) is 6.24. The van der Waals surface area contributed by atoms with Crippen LogP contribution in [0.5, 0.6) is 0 Å². The van der Waals surface area contributed by atoms with Crippen LogP contribution in [-0.2, 0) is 13.5 Å². The zero-order valence-electron chi connectivity index (χ0n) is 13.4. The van der Waals surface area contributed by atoms with Gasteiger partial charge in [0.05, 0.1) is 11.1 Å². The number of imidazole rings is 1. The smallest absolute Gasteiger partial charge is 0.158 e. The molecule has 2 atom stereocenters. The summed E-state index contributed by atoms with van der Waals surface area (Å²) in [5.41, 5.74) is 3.24. The molecular formula is C16H25ClN4. The van der Waals surface area contributed by atoms with Gasteiger partial charge in [-0.2, -0.15) is 5.10 Å². The van der Waals surface area contributed by atoms with Crippen LogP contribution in [0.25, 0.3) is 11.2 Å². The molecule has 2 heterocycles. The van der Waals surface area contributed by atoms with Gasteiger partial charge in [0.1, 0.15) is 11.3 Å². The normalized spacial score (nSPS) is 19.5. The molecule has 2 aromatic heterocycles. The molecule has 1 fully saturated rings. The van der Waals surface area contributed by atoms with Gasteiger partial charge < -0.3 is 4.57 Å². The summed E-state index contributed by atoms with van der Waals surface area (Å²) >= 11 is 6.42. The van der Waals surface area contributed by atoms with Crippen LogP contribution < -0.4 is 0 Å². The fraction of sp³-hybridized carbons (Fsp3) is 0.750. The topological polar surface area (TPSA) is 35.6 Å². The van der Waals surface area contributed by atoms with Gasteiger partial charge in [-0.3, -0.25) is 4.68 Å². The van der Waals surface area contributed by atoms with Crippen molar-refractivity contribution in [1.82, 2.24) is 19.3 Å². The summed E-state index contributed by atoms with van der Waals surface area (Å²) in [7, 11) is 2.02. The van der Waals surface area contributed by atoms with E-state index in [1.807, 2.05) is 18.7 Å². The van der Waals surface area contributed by atoms with E-state index in [4.69, 9.17) is 16.6 Å². The van der Waals surface area contributed by atoms with E-state index in [9.17, 15) is 0 Å². The second-order valence-corrected chi connectivity index (χ2v) is 6.99. The van der Waals surface area contributed by atoms with Gasteiger partial charge in [0.25, 0.3) is 0 Å². The lowest BCUT2D eigenvalue weighted by molar-refractivity contribution is 0.355. The Bertz CT molecular complexity index is 634. The highest BCUT2D eigenvalue weighted by molar-refractivity contribution is 6.20. The summed E-state index contributed by atoms with van der Waals surface area (Å²) in [5, 5.41) is 4.55. The molecule has 0 N–H and O–H groups in total. The second-order valence-electron chi connectivity index (χ2n) is 6.34. The fourth-order valence-corrected chi connectivity index (χ4v) is 3.94. The van der Waals surface area contributed by atoms with Gasteiger partial charge >= 0.3 is 0 Å². The number of hydrogen-bond donors (Lipinski definition) is 0. The molecule has 5 heteroatoms.